The minimum atomic E-state index is -0.556. The van der Waals surface area contributed by atoms with Crippen LogP contribution in [0.4, 0.5) is 5.69 Å². The number of anilines is 1. The number of carbonyl (C=O) groups is 1. The average molecular weight is 351 g/mol. The van der Waals surface area contributed by atoms with E-state index in [1.54, 1.807) is 4.90 Å². The molecule has 0 radical (unpaired) electrons. The van der Waals surface area contributed by atoms with Crippen LogP contribution in [0.2, 0.25) is 0 Å². The molecule has 1 aliphatic rings. The van der Waals surface area contributed by atoms with Crippen molar-refractivity contribution in [1.82, 2.24) is 9.80 Å². The Labute approximate surface area is 156 Å². The first-order valence-corrected chi connectivity index (χ1v) is 9.40. The zero-order valence-corrected chi connectivity index (χ0v) is 15.8. The molecule has 0 aromatic heterocycles. The monoisotopic (exact) mass is 351 g/mol. The lowest BCUT2D eigenvalue weighted by Gasteiger charge is -2.44. The normalized spacial score (nSPS) is 20.5. The molecule has 0 spiro atoms. The summed E-state index contributed by atoms with van der Waals surface area (Å²) >= 11 is 0. The molecule has 3 rings (SSSR count). The van der Waals surface area contributed by atoms with E-state index in [9.17, 15) is 4.79 Å². The number of likely N-dealkylation sites (tertiary alicyclic amines) is 1. The van der Waals surface area contributed by atoms with Crippen molar-refractivity contribution in [1.29, 1.82) is 0 Å². The molecule has 0 saturated carbocycles. The highest BCUT2D eigenvalue weighted by atomic mass is 16.2. The van der Waals surface area contributed by atoms with Crippen LogP contribution in [0.15, 0.2) is 60.7 Å². The van der Waals surface area contributed by atoms with Crippen LogP contribution in [0.25, 0.3) is 0 Å². The topological polar surface area (TPSA) is 35.6 Å². The van der Waals surface area contributed by atoms with E-state index in [0.717, 1.165) is 44.6 Å². The number of carbonyl (C=O) groups excluding carboxylic acids is 1. The van der Waals surface area contributed by atoms with E-state index in [1.165, 1.54) is 5.56 Å². The Morgan fingerprint density at radius 2 is 1.73 bits per heavy atom. The second kappa shape index (κ2) is 8.37. The molecular formula is C22H29N3O. The van der Waals surface area contributed by atoms with E-state index >= 15 is 0 Å². The summed E-state index contributed by atoms with van der Waals surface area (Å²) in [5, 5.41) is 3.57. The van der Waals surface area contributed by atoms with Gasteiger partial charge in [0.1, 0.15) is 5.54 Å². The summed E-state index contributed by atoms with van der Waals surface area (Å²) in [6.07, 6.45) is 2.90. The molecule has 1 saturated heterocycles. The quantitative estimate of drug-likeness (QED) is 0.868. The van der Waals surface area contributed by atoms with Crippen LogP contribution in [-0.2, 0) is 11.2 Å². The van der Waals surface area contributed by atoms with E-state index in [4.69, 9.17) is 0 Å². The summed E-state index contributed by atoms with van der Waals surface area (Å²) < 4.78 is 0. The van der Waals surface area contributed by atoms with Crippen LogP contribution in [0.3, 0.4) is 0 Å². The SMILES string of the molecule is CN(C)C(=O)C1(Nc2ccccc2)CCCN(CCc2ccccc2)C1. The molecule has 1 aliphatic heterocycles. The number of hydrogen-bond donors (Lipinski definition) is 1. The van der Waals surface area contributed by atoms with Gasteiger partial charge in [-0.05, 0) is 43.5 Å². The third-order valence-corrected chi connectivity index (χ3v) is 5.10. The number of amides is 1. The Kier molecular flexibility index (Phi) is 5.94. The Morgan fingerprint density at radius 3 is 2.38 bits per heavy atom. The number of para-hydroxylation sites is 1. The van der Waals surface area contributed by atoms with Gasteiger partial charge in [-0.15, -0.1) is 0 Å². The van der Waals surface area contributed by atoms with Crippen molar-refractivity contribution in [2.24, 2.45) is 0 Å². The first kappa shape index (κ1) is 18.5. The van der Waals surface area contributed by atoms with Crippen molar-refractivity contribution < 1.29 is 4.79 Å². The molecule has 0 aliphatic carbocycles. The number of nitrogens with zero attached hydrogens (tertiary/aromatic N) is 2. The van der Waals surface area contributed by atoms with Gasteiger partial charge in [-0.2, -0.15) is 0 Å². The van der Waals surface area contributed by atoms with Crippen molar-refractivity contribution in [2.45, 2.75) is 24.8 Å². The predicted octanol–water partition coefficient (Wildman–Crippen LogP) is 3.26. The summed E-state index contributed by atoms with van der Waals surface area (Å²) in [7, 11) is 3.69. The molecule has 138 valence electrons. The van der Waals surface area contributed by atoms with Gasteiger partial charge in [0.05, 0.1) is 0 Å². The van der Waals surface area contributed by atoms with Gasteiger partial charge in [-0.3, -0.25) is 4.79 Å². The summed E-state index contributed by atoms with van der Waals surface area (Å²) in [6.45, 7) is 2.76. The largest absolute Gasteiger partial charge is 0.370 e. The Bertz CT molecular complexity index is 702. The third-order valence-electron chi connectivity index (χ3n) is 5.10. The number of likely N-dealkylation sites (N-methyl/N-ethyl adjacent to an activating group) is 1. The fraction of sp³-hybridized carbons (Fsp3) is 0.409. The first-order valence-electron chi connectivity index (χ1n) is 9.40. The Morgan fingerprint density at radius 1 is 1.08 bits per heavy atom. The third kappa shape index (κ3) is 4.44. The van der Waals surface area contributed by atoms with Crippen LogP contribution in [0.5, 0.6) is 0 Å². The van der Waals surface area contributed by atoms with Crippen LogP contribution in [0, 0.1) is 0 Å². The molecule has 1 unspecified atom stereocenters. The second-order valence-corrected chi connectivity index (χ2v) is 7.39. The van der Waals surface area contributed by atoms with E-state index in [2.05, 4.69) is 40.5 Å². The molecule has 4 nitrogen and oxygen atoms in total. The highest BCUT2D eigenvalue weighted by Gasteiger charge is 2.43. The Balaban J connectivity index is 1.74. The molecule has 2 aromatic rings. The van der Waals surface area contributed by atoms with Gasteiger partial charge < -0.3 is 15.1 Å². The second-order valence-electron chi connectivity index (χ2n) is 7.39. The molecule has 1 amide bonds. The van der Waals surface area contributed by atoms with Gasteiger partial charge in [-0.25, -0.2) is 0 Å². The van der Waals surface area contributed by atoms with Gasteiger partial charge in [-0.1, -0.05) is 48.5 Å². The number of piperidine rings is 1. The van der Waals surface area contributed by atoms with E-state index in [0.29, 0.717) is 0 Å². The lowest BCUT2D eigenvalue weighted by Crippen LogP contribution is -2.61. The summed E-state index contributed by atoms with van der Waals surface area (Å²) in [5.74, 6) is 0.158. The van der Waals surface area contributed by atoms with E-state index in [-0.39, 0.29) is 5.91 Å². The van der Waals surface area contributed by atoms with Gasteiger partial charge >= 0.3 is 0 Å². The van der Waals surface area contributed by atoms with Crippen molar-refractivity contribution >= 4 is 11.6 Å². The molecule has 1 fully saturated rings. The maximum absolute atomic E-state index is 13.1. The number of rotatable bonds is 6. The first-order chi connectivity index (χ1) is 12.6. The number of nitrogens with one attached hydrogen (secondary N) is 1. The number of benzene rings is 2. The molecule has 1 heterocycles. The molecule has 2 aromatic carbocycles. The minimum absolute atomic E-state index is 0.158. The lowest BCUT2D eigenvalue weighted by molar-refractivity contribution is -0.135. The Hall–Kier alpha value is -2.33. The zero-order valence-electron chi connectivity index (χ0n) is 15.8. The lowest BCUT2D eigenvalue weighted by atomic mass is 9.86. The van der Waals surface area contributed by atoms with Gasteiger partial charge in [0.25, 0.3) is 0 Å². The average Bonchev–Trinajstić information content (AvgIpc) is 2.67. The van der Waals surface area contributed by atoms with Crippen molar-refractivity contribution in [3.63, 3.8) is 0 Å². The maximum atomic E-state index is 13.1. The predicted molar refractivity (Wildman–Crippen MR) is 107 cm³/mol. The highest BCUT2D eigenvalue weighted by Crippen LogP contribution is 2.28. The molecule has 26 heavy (non-hydrogen) atoms. The van der Waals surface area contributed by atoms with Crippen molar-refractivity contribution in [3.05, 3.63) is 66.2 Å². The van der Waals surface area contributed by atoms with Crippen LogP contribution in [-0.4, -0.2) is 55.0 Å². The van der Waals surface area contributed by atoms with Crippen molar-refractivity contribution in [3.8, 4) is 0 Å². The van der Waals surface area contributed by atoms with Gasteiger partial charge in [0.15, 0.2) is 0 Å². The molecule has 4 heteroatoms. The maximum Gasteiger partial charge on any atom is 0.249 e. The van der Waals surface area contributed by atoms with Crippen LogP contribution < -0.4 is 5.32 Å². The fourth-order valence-electron chi connectivity index (χ4n) is 3.82. The summed E-state index contributed by atoms with van der Waals surface area (Å²) in [4.78, 5) is 17.2. The van der Waals surface area contributed by atoms with E-state index in [1.807, 2.05) is 44.4 Å². The summed E-state index contributed by atoms with van der Waals surface area (Å²) in [6, 6.07) is 20.6. The number of hydrogen-bond acceptors (Lipinski definition) is 3. The standard InChI is InChI=1S/C22H29N3O/c1-24(2)21(26)22(23-20-12-7-4-8-13-20)15-9-16-25(18-22)17-14-19-10-5-3-6-11-19/h3-8,10-13,23H,9,14-18H2,1-2H3. The molecule has 1 atom stereocenters. The molecule has 1 N–H and O–H groups in total. The van der Waals surface area contributed by atoms with E-state index < -0.39 is 5.54 Å². The van der Waals surface area contributed by atoms with Gasteiger partial charge in [0.2, 0.25) is 5.91 Å². The highest BCUT2D eigenvalue weighted by molar-refractivity contribution is 5.89. The van der Waals surface area contributed by atoms with Gasteiger partial charge in [0, 0.05) is 32.9 Å². The zero-order chi connectivity index (χ0) is 18.4. The summed E-state index contributed by atoms with van der Waals surface area (Å²) in [5.41, 5.74) is 1.80. The van der Waals surface area contributed by atoms with Crippen molar-refractivity contribution in [2.75, 3.05) is 39.0 Å². The van der Waals surface area contributed by atoms with Crippen LogP contribution >= 0.6 is 0 Å². The van der Waals surface area contributed by atoms with Crippen LogP contribution in [0.1, 0.15) is 18.4 Å². The fourth-order valence-corrected chi connectivity index (χ4v) is 3.82. The molecular weight excluding hydrogens is 322 g/mol. The minimum Gasteiger partial charge on any atom is -0.370 e. The smallest absolute Gasteiger partial charge is 0.249 e. The molecule has 0 bridgehead atoms.